The van der Waals surface area contributed by atoms with Crippen LogP contribution in [-0.2, 0) is 21.3 Å². The first kappa shape index (κ1) is 22.6. The Balaban J connectivity index is 1.23. The summed E-state index contributed by atoms with van der Waals surface area (Å²) in [5.74, 6) is 0.472. The summed E-state index contributed by atoms with van der Waals surface area (Å²) in [6, 6.07) is 6.95. The van der Waals surface area contributed by atoms with Crippen LogP contribution in [0.4, 0.5) is 4.79 Å². The van der Waals surface area contributed by atoms with Gasteiger partial charge in [0.15, 0.2) is 0 Å². The third-order valence-electron chi connectivity index (χ3n) is 5.69. The van der Waals surface area contributed by atoms with Gasteiger partial charge in [-0.2, -0.15) is 4.31 Å². The van der Waals surface area contributed by atoms with Crippen molar-refractivity contribution < 1.29 is 17.9 Å². The summed E-state index contributed by atoms with van der Waals surface area (Å²) in [5, 5.41) is 3.27. The molecule has 2 aliphatic rings. The standard InChI is InChI=1S/C20H28N6O5S/c27-19-16-3-1-2-4-17(16)22-18(23-19)15-24-6-8-25(9-7-24)20(28)21-5-14-32(29,30)26-10-12-31-13-11-26/h1-4H,5-15H2,(H,21,28)(H,22,23,27). The molecule has 0 unspecified atom stereocenters. The van der Waals surface area contributed by atoms with Crippen LogP contribution in [-0.4, -0.2) is 103 Å². The predicted octanol–water partition coefficient (Wildman–Crippen LogP) is -0.588. The molecule has 2 N–H and O–H groups in total. The Morgan fingerprint density at radius 3 is 2.56 bits per heavy atom. The first-order valence-electron chi connectivity index (χ1n) is 10.7. The Morgan fingerprint density at radius 2 is 1.81 bits per heavy atom. The largest absolute Gasteiger partial charge is 0.379 e. The number of sulfonamides is 1. The molecular weight excluding hydrogens is 436 g/mol. The van der Waals surface area contributed by atoms with Crippen molar-refractivity contribution in [1.29, 1.82) is 0 Å². The van der Waals surface area contributed by atoms with Crippen molar-refractivity contribution in [3.05, 3.63) is 40.4 Å². The average molecular weight is 465 g/mol. The van der Waals surface area contributed by atoms with E-state index in [0.29, 0.717) is 75.8 Å². The van der Waals surface area contributed by atoms with Gasteiger partial charge in [-0.3, -0.25) is 9.69 Å². The van der Waals surface area contributed by atoms with E-state index in [4.69, 9.17) is 4.74 Å². The van der Waals surface area contributed by atoms with Crippen LogP contribution in [0.25, 0.3) is 10.9 Å². The molecule has 0 atom stereocenters. The Kier molecular flexibility index (Phi) is 7.04. The van der Waals surface area contributed by atoms with Crippen molar-refractivity contribution in [3.63, 3.8) is 0 Å². The molecule has 32 heavy (non-hydrogen) atoms. The van der Waals surface area contributed by atoms with Gasteiger partial charge in [-0.1, -0.05) is 12.1 Å². The van der Waals surface area contributed by atoms with E-state index in [0.717, 1.165) is 0 Å². The second-order valence-corrected chi connectivity index (χ2v) is 9.94. The van der Waals surface area contributed by atoms with E-state index in [1.54, 1.807) is 17.0 Å². The maximum Gasteiger partial charge on any atom is 0.317 e. The van der Waals surface area contributed by atoms with Crippen molar-refractivity contribution in [3.8, 4) is 0 Å². The van der Waals surface area contributed by atoms with E-state index in [1.165, 1.54) is 4.31 Å². The number of aromatic nitrogens is 2. The number of ether oxygens (including phenoxy) is 1. The topological polar surface area (TPSA) is 128 Å². The van der Waals surface area contributed by atoms with Crippen LogP contribution in [0.1, 0.15) is 5.82 Å². The number of nitrogens with one attached hydrogen (secondary N) is 2. The summed E-state index contributed by atoms with van der Waals surface area (Å²) in [6.45, 7) is 4.38. The molecule has 3 heterocycles. The Labute approximate surface area is 186 Å². The fourth-order valence-corrected chi connectivity index (χ4v) is 5.21. The van der Waals surface area contributed by atoms with Crippen LogP contribution in [0.2, 0.25) is 0 Å². The van der Waals surface area contributed by atoms with Crippen LogP contribution in [0.5, 0.6) is 0 Å². The summed E-state index contributed by atoms with van der Waals surface area (Å²) >= 11 is 0. The van der Waals surface area contributed by atoms with Crippen LogP contribution < -0.4 is 10.9 Å². The summed E-state index contributed by atoms with van der Waals surface area (Å²) in [4.78, 5) is 35.8. The number of amides is 2. The van der Waals surface area contributed by atoms with Gasteiger partial charge < -0.3 is 19.9 Å². The minimum absolute atomic E-state index is 0.0704. The fraction of sp³-hybridized carbons (Fsp3) is 0.550. The first-order chi connectivity index (χ1) is 15.4. The van der Waals surface area contributed by atoms with Gasteiger partial charge in [0, 0.05) is 45.8 Å². The third kappa shape index (κ3) is 5.44. The maximum atomic E-state index is 12.4. The molecule has 0 aliphatic carbocycles. The van der Waals surface area contributed by atoms with Crippen molar-refractivity contribution in [2.75, 3.05) is 64.8 Å². The molecule has 2 aromatic rings. The Hall–Kier alpha value is -2.54. The molecule has 2 aliphatic heterocycles. The van der Waals surface area contributed by atoms with Gasteiger partial charge in [-0.15, -0.1) is 0 Å². The number of piperazine rings is 1. The molecule has 2 saturated heterocycles. The molecule has 12 heteroatoms. The number of fused-ring (bicyclic) bond motifs is 1. The van der Waals surface area contributed by atoms with Crippen molar-refractivity contribution in [2.45, 2.75) is 6.54 Å². The highest BCUT2D eigenvalue weighted by Crippen LogP contribution is 2.10. The van der Waals surface area contributed by atoms with E-state index >= 15 is 0 Å². The minimum atomic E-state index is -3.40. The highest BCUT2D eigenvalue weighted by Gasteiger charge is 2.25. The zero-order valence-corrected chi connectivity index (χ0v) is 18.6. The number of hydrogen-bond acceptors (Lipinski definition) is 7. The second-order valence-electron chi connectivity index (χ2n) is 7.85. The predicted molar refractivity (Wildman–Crippen MR) is 119 cm³/mol. The van der Waals surface area contributed by atoms with Crippen LogP contribution in [0.15, 0.2) is 29.1 Å². The van der Waals surface area contributed by atoms with E-state index in [1.807, 2.05) is 12.1 Å². The van der Waals surface area contributed by atoms with Gasteiger partial charge in [-0.25, -0.2) is 18.2 Å². The molecule has 0 radical (unpaired) electrons. The summed E-state index contributed by atoms with van der Waals surface area (Å²) < 4.78 is 31.3. The number of carbonyl (C=O) groups excluding carboxylic acids is 1. The lowest BCUT2D eigenvalue weighted by atomic mass is 10.2. The molecular formula is C20H28N6O5S. The first-order valence-corrected chi connectivity index (χ1v) is 12.3. The van der Waals surface area contributed by atoms with Crippen LogP contribution >= 0.6 is 0 Å². The molecule has 174 valence electrons. The van der Waals surface area contributed by atoms with E-state index < -0.39 is 10.0 Å². The van der Waals surface area contributed by atoms with E-state index in [-0.39, 0.29) is 23.9 Å². The lowest BCUT2D eigenvalue weighted by Gasteiger charge is -2.34. The summed E-state index contributed by atoms with van der Waals surface area (Å²) in [6.07, 6.45) is 0. The van der Waals surface area contributed by atoms with Gasteiger partial charge in [0.2, 0.25) is 10.0 Å². The highest BCUT2D eigenvalue weighted by atomic mass is 32.2. The van der Waals surface area contributed by atoms with Crippen molar-refractivity contribution in [2.24, 2.45) is 0 Å². The molecule has 4 rings (SSSR count). The lowest BCUT2D eigenvalue weighted by Crippen LogP contribution is -2.52. The number of aromatic amines is 1. The Morgan fingerprint density at radius 1 is 1.09 bits per heavy atom. The quantitative estimate of drug-likeness (QED) is 0.585. The highest BCUT2D eigenvalue weighted by molar-refractivity contribution is 7.89. The summed E-state index contributed by atoms with van der Waals surface area (Å²) in [5.41, 5.74) is 0.506. The number of hydrogen-bond donors (Lipinski definition) is 2. The SMILES string of the molecule is O=C(NCCS(=O)(=O)N1CCOCC1)N1CCN(Cc2nc3ccccc3c(=O)[nH]2)CC1. The van der Waals surface area contributed by atoms with Gasteiger partial charge in [0.25, 0.3) is 5.56 Å². The van der Waals surface area contributed by atoms with Crippen molar-refractivity contribution >= 4 is 27.0 Å². The molecule has 2 amide bonds. The van der Waals surface area contributed by atoms with E-state index in [2.05, 4.69) is 20.2 Å². The Bertz CT molecular complexity index is 1110. The molecule has 0 bridgehead atoms. The summed E-state index contributed by atoms with van der Waals surface area (Å²) in [7, 11) is -3.40. The van der Waals surface area contributed by atoms with Crippen LogP contribution in [0, 0.1) is 0 Å². The molecule has 2 fully saturated rings. The molecule has 0 spiro atoms. The molecule has 1 aromatic heterocycles. The van der Waals surface area contributed by atoms with Crippen LogP contribution in [0.3, 0.4) is 0 Å². The van der Waals surface area contributed by atoms with Gasteiger partial charge in [0.05, 0.1) is 36.4 Å². The lowest BCUT2D eigenvalue weighted by molar-refractivity contribution is 0.0730. The third-order valence-corrected chi connectivity index (χ3v) is 7.57. The second kappa shape index (κ2) is 9.94. The number of H-pyrrole nitrogens is 1. The number of rotatable bonds is 6. The van der Waals surface area contributed by atoms with E-state index in [9.17, 15) is 18.0 Å². The van der Waals surface area contributed by atoms with Gasteiger partial charge in [0.1, 0.15) is 5.82 Å². The number of carbonyl (C=O) groups is 1. The zero-order chi connectivity index (χ0) is 22.6. The zero-order valence-electron chi connectivity index (χ0n) is 17.8. The monoisotopic (exact) mass is 464 g/mol. The normalized spacial score (nSPS) is 18.7. The number of morpholine rings is 1. The minimum Gasteiger partial charge on any atom is -0.379 e. The smallest absolute Gasteiger partial charge is 0.317 e. The molecule has 1 aromatic carbocycles. The van der Waals surface area contributed by atoms with Gasteiger partial charge in [-0.05, 0) is 12.1 Å². The number of para-hydroxylation sites is 1. The molecule has 0 saturated carbocycles. The fourth-order valence-electron chi connectivity index (χ4n) is 3.88. The number of nitrogens with zero attached hydrogens (tertiary/aromatic N) is 4. The number of urea groups is 1. The van der Waals surface area contributed by atoms with Crippen molar-refractivity contribution in [1.82, 2.24) is 29.4 Å². The maximum absolute atomic E-state index is 12.4. The number of benzene rings is 1. The van der Waals surface area contributed by atoms with Gasteiger partial charge >= 0.3 is 6.03 Å². The molecule has 11 nitrogen and oxygen atoms in total. The average Bonchev–Trinajstić information content (AvgIpc) is 2.80.